The molecule has 1 aromatic carbocycles. The summed E-state index contributed by atoms with van der Waals surface area (Å²) in [6.07, 6.45) is -2.89. The summed E-state index contributed by atoms with van der Waals surface area (Å²) in [6, 6.07) is 2.18. The first-order valence-electron chi connectivity index (χ1n) is 8.69. The summed E-state index contributed by atoms with van der Waals surface area (Å²) >= 11 is 19.3. The Kier molecular flexibility index (Phi) is 9.08. The highest BCUT2D eigenvalue weighted by molar-refractivity contribution is 7.99. The first-order chi connectivity index (χ1) is 14.0. The van der Waals surface area contributed by atoms with Crippen molar-refractivity contribution in [1.29, 1.82) is 0 Å². The van der Waals surface area contributed by atoms with Gasteiger partial charge in [-0.3, -0.25) is 14.4 Å². The second-order valence-corrected chi connectivity index (χ2v) is 8.75. The number of halogens is 3. The standard InChI is InChI=1S/C18H20Cl3NO7S/c1-7(23)26-6-13-16(27-8(2)24)15(22)17(28-9(3)25)18(29-13)30-10-4-11(19)14(21)12(20)5-10/h4-5,13,15-18H,6,22H2,1-3H3. The molecule has 0 aliphatic carbocycles. The van der Waals surface area contributed by atoms with Crippen molar-refractivity contribution in [1.82, 2.24) is 0 Å². The number of hydrogen-bond donors (Lipinski definition) is 1. The minimum absolute atomic E-state index is 0.197. The van der Waals surface area contributed by atoms with Crippen LogP contribution in [0.1, 0.15) is 20.8 Å². The van der Waals surface area contributed by atoms with Crippen molar-refractivity contribution in [3.8, 4) is 0 Å². The van der Waals surface area contributed by atoms with E-state index in [1.807, 2.05) is 0 Å². The van der Waals surface area contributed by atoms with Gasteiger partial charge in [-0.15, -0.1) is 0 Å². The maximum Gasteiger partial charge on any atom is 0.303 e. The SMILES string of the molecule is CC(=O)OCC1OC(Sc2cc(Cl)c(Cl)c(Cl)c2)C(OC(C)=O)C(N)C1OC(C)=O. The Hall–Kier alpha value is -1.23. The summed E-state index contributed by atoms with van der Waals surface area (Å²) in [5.41, 5.74) is 5.44. The van der Waals surface area contributed by atoms with Gasteiger partial charge in [0.05, 0.1) is 21.1 Å². The van der Waals surface area contributed by atoms with Crippen LogP contribution in [0.15, 0.2) is 17.0 Å². The van der Waals surface area contributed by atoms with Crippen LogP contribution in [-0.4, -0.2) is 54.3 Å². The van der Waals surface area contributed by atoms with Crippen LogP contribution in [0.3, 0.4) is 0 Å². The second-order valence-electron chi connectivity index (χ2n) is 6.39. The lowest BCUT2D eigenvalue weighted by Crippen LogP contribution is -2.63. The number of carbonyl (C=O) groups is 3. The third kappa shape index (κ3) is 6.63. The molecule has 1 aliphatic heterocycles. The Morgan fingerprint density at radius 1 is 1.00 bits per heavy atom. The summed E-state index contributed by atoms with van der Waals surface area (Å²) in [7, 11) is 0. The number of esters is 3. The maximum absolute atomic E-state index is 11.7. The molecule has 2 N–H and O–H groups in total. The number of rotatable bonds is 6. The van der Waals surface area contributed by atoms with Crippen molar-refractivity contribution in [3.63, 3.8) is 0 Å². The summed E-state index contributed by atoms with van der Waals surface area (Å²) < 4.78 is 21.6. The lowest BCUT2D eigenvalue weighted by atomic mass is 9.97. The molecule has 1 aliphatic rings. The average Bonchev–Trinajstić information content (AvgIpc) is 2.63. The van der Waals surface area contributed by atoms with Gasteiger partial charge in [0.2, 0.25) is 0 Å². The molecule has 0 spiro atoms. The quantitative estimate of drug-likeness (QED) is 0.357. The molecular weight excluding hydrogens is 481 g/mol. The minimum Gasteiger partial charge on any atom is -0.463 e. The van der Waals surface area contributed by atoms with Crippen molar-refractivity contribution >= 4 is 64.5 Å². The zero-order chi connectivity index (χ0) is 22.6. The van der Waals surface area contributed by atoms with E-state index in [9.17, 15) is 14.4 Å². The molecule has 1 heterocycles. The fourth-order valence-corrected chi connectivity index (χ4v) is 4.71. The van der Waals surface area contributed by atoms with Crippen LogP contribution in [0.2, 0.25) is 15.1 Å². The smallest absolute Gasteiger partial charge is 0.303 e. The Bertz CT molecular complexity index is 800. The Morgan fingerprint density at radius 2 is 1.53 bits per heavy atom. The topological polar surface area (TPSA) is 114 Å². The molecule has 1 fully saturated rings. The fourth-order valence-electron chi connectivity index (χ4n) is 2.78. The van der Waals surface area contributed by atoms with E-state index in [0.717, 1.165) is 11.8 Å². The van der Waals surface area contributed by atoms with E-state index in [1.54, 1.807) is 12.1 Å². The number of hydrogen-bond acceptors (Lipinski definition) is 9. The molecule has 8 nitrogen and oxygen atoms in total. The van der Waals surface area contributed by atoms with Gasteiger partial charge in [0, 0.05) is 25.7 Å². The normalized spacial score (nSPS) is 26.0. The lowest BCUT2D eigenvalue weighted by Gasteiger charge is -2.43. The van der Waals surface area contributed by atoms with E-state index < -0.39 is 47.7 Å². The van der Waals surface area contributed by atoms with Crippen LogP contribution in [0.5, 0.6) is 0 Å². The van der Waals surface area contributed by atoms with Crippen LogP contribution in [-0.2, 0) is 33.3 Å². The molecule has 0 radical (unpaired) electrons. The Labute approximate surface area is 192 Å². The number of nitrogens with two attached hydrogens (primary N) is 1. The molecule has 0 aromatic heterocycles. The molecule has 5 unspecified atom stereocenters. The summed E-state index contributed by atoms with van der Waals surface area (Å²) in [5, 5.41) is 0.651. The van der Waals surface area contributed by atoms with E-state index >= 15 is 0 Å². The van der Waals surface area contributed by atoms with Crippen LogP contribution < -0.4 is 5.73 Å². The molecular formula is C18H20Cl3NO7S. The molecule has 12 heteroatoms. The largest absolute Gasteiger partial charge is 0.463 e. The molecule has 5 atom stereocenters. The van der Waals surface area contributed by atoms with Gasteiger partial charge < -0.3 is 24.7 Å². The minimum atomic E-state index is -1.01. The molecule has 166 valence electrons. The number of carbonyl (C=O) groups excluding carboxylic acids is 3. The van der Waals surface area contributed by atoms with E-state index in [2.05, 4.69) is 0 Å². The van der Waals surface area contributed by atoms with Crippen molar-refractivity contribution in [2.24, 2.45) is 5.73 Å². The van der Waals surface area contributed by atoms with Gasteiger partial charge in [-0.1, -0.05) is 46.6 Å². The van der Waals surface area contributed by atoms with Crippen molar-refractivity contribution in [3.05, 3.63) is 27.2 Å². The fraction of sp³-hybridized carbons (Fsp3) is 0.500. The van der Waals surface area contributed by atoms with Gasteiger partial charge in [-0.2, -0.15) is 0 Å². The molecule has 0 amide bonds. The Balaban J connectivity index is 2.35. The van der Waals surface area contributed by atoms with E-state index in [1.165, 1.54) is 20.8 Å². The first kappa shape index (κ1) is 25.0. The van der Waals surface area contributed by atoms with Gasteiger partial charge in [-0.25, -0.2) is 0 Å². The highest BCUT2D eigenvalue weighted by Crippen LogP contribution is 2.40. The van der Waals surface area contributed by atoms with Crippen LogP contribution in [0.4, 0.5) is 0 Å². The summed E-state index contributed by atoms with van der Waals surface area (Å²) in [5.74, 6) is -1.76. The zero-order valence-electron chi connectivity index (χ0n) is 16.2. The third-order valence-electron chi connectivity index (χ3n) is 3.97. The molecule has 0 saturated carbocycles. The Morgan fingerprint density at radius 3 is 2.03 bits per heavy atom. The van der Waals surface area contributed by atoms with Gasteiger partial charge in [0.1, 0.15) is 24.3 Å². The van der Waals surface area contributed by atoms with Gasteiger partial charge in [-0.05, 0) is 12.1 Å². The van der Waals surface area contributed by atoms with Crippen molar-refractivity contribution in [2.45, 2.75) is 55.5 Å². The molecule has 1 saturated heterocycles. The first-order valence-corrected chi connectivity index (χ1v) is 10.7. The van der Waals surface area contributed by atoms with Crippen LogP contribution >= 0.6 is 46.6 Å². The van der Waals surface area contributed by atoms with Crippen molar-refractivity contribution in [2.75, 3.05) is 6.61 Å². The van der Waals surface area contributed by atoms with Gasteiger partial charge in [0.25, 0.3) is 0 Å². The second kappa shape index (κ2) is 10.9. The van der Waals surface area contributed by atoms with Crippen LogP contribution in [0, 0.1) is 0 Å². The lowest BCUT2D eigenvalue weighted by molar-refractivity contribution is -0.201. The van der Waals surface area contributed by atoms with E-state index in [4.69, 9.17) is 59.5 Å². The number of benzene rings is 1. The van der Waals surface area contributed by atoms with Gasteiger partial charge in [0.15, 0.2) is 6.10 Å². The predicted molar refractivity (Wildman–Crippen MR) is 112 cm³/mol. The van der Waals surface area contributed by atoms with Crippen LogP contribution in [0.25, 0.3) is 0 Å². The third-order valence-corrected chi connectivity index (χ3v) is 6.28. The average molecular weight is 501 g/mol. The highest BCUT2D eigenvalue weighted by atomic mass is 35.5. The zero-order valence-corrected chi connectivity index (χ0v) is 19.3. The number of ether oxygens (including phenoxy) is 4. The molecule has 0 bridgehead atoms. The van der Waals surface area contributed by atoms with Crippen molar-refractivity contribution < 1.29 is 33.3 Å². The summed E-state index contributed by atoms with van der Waals surface area (Å²) in [6.45, 7) is 3.44. The molecule has 30 heavy (non-hydrogen) atoms. The summed E-state index contributed by atoms with van der Waals surface area (Å²) in [4.78, 5) is 35.0. The monoisotopic (exact) mass is 499 g/mol. The maximum atomic E-state index is 11.7. The van der Waals surface area contributed by atoms with E-state index in [-0.39, 0.29) is 21.7 Å². The molecule has 2 rings (SSSR count). The highest BCUT2D eigenvalue weighted by Gasteiger charge is 2.48. The van der Waals surface area contributed by atoms with Gasteiger partial charge >= 0.3 is 17.9 Å². The molecule has 1 aromatic rings. The van der Waals surface area contributed by atoms with E-state index in [0.29, 0.717) is 4.90 Å². The number of thioether (sulfide) groups is 1. The predicted octanol–water partition coefficient (Wildman–Crippen LogP) is 3.22.